The largest absolute Gasteiger partial charge is 0.634 e. The highest BCUT2D eigenvalue weighted by atomic mass is 19.1. The quantitative estimate of drug-likeness (QED) is 0.389. The Bertz CT molecular complexity index is 1260. The molecule has 0 aliphatic heterocycles. The van der Waals surface area contributed by atoms with Gasteiger partial charge in [0.05, 0.1) is 6.61 Å². The maximum absolute atomic E-state index is 14.2. The van der Waals surface area contributed by atoms with Crippen molar-refractivity contribution in [3.8, 4) is 33.4 Å². The van der Waals surface area contributed by atoms with E-state index in [-0.39, 0.29) is 6.61 Å². The van der Waals surface area contributed by atoms with Gasteiger partial charge in [-0.15, -0.1) is 0 Å². The molecule has 0 saturated heterocycles. The summed E-state index contributed by atoms with van der Waals surface area (Å²) in [6.07, 6.45) is 0. The van der Waals surface area contributed by atoms with Crippen molar-refractivity contribution in [2.75, 3.05) is 0 Å². The second kappa shape index (κ2) is 9.40. The summed E-state index contributed by atoms with van der Waals surface area (Å²) in [5.74, 6) is -1.38. The number of halogens is 3. The Morgan fingerprint density at radius 3 is 1.66 bits per heavy atom. The molecule has 4 aromatic rings. The Labute approximate surface area is 183 Å². The van der Waals surface area contributed by atoms with Gasteiger partial charge in [-0.25, -0.2) is 13.2 Å². The van der Waals surface area contributed by atoms with Crippen LogP contribution in [0.3, 0.4) is 0 Å². The van der Waals surface area contributed by atoms with Crippen molar-refractivity contribution in [1.29, 1.82) is 0 Å². The van der Waals surface area contributed by atoms with Crippen LogP contribution in [0.25, 0.3) is 33.4 Å². The summed E-state index contributed by atoms with van der Waals surface area (Å²) in [5, 5.41) is 18.4. The minimum absolute atomic E-state index is 0.199. The number of rotatable bonds is 6. The van der Waals surface area contributed by atoms with E-state index in [0.717, 1.165) is 0 Å². The predicted octanol–water partition coefficient (Wildman–Crippen LogP) is 5.59. The Morgan fingerprint density at radius 2 is 1.12 bits per heavy atom. The van der Waals surface area contributed by atoms with Crippen LogP contribution in [0, 0.1) is 17.5 Å². The second-order valence-corrected chi connectivity index (χ2v) is 7.19. The minimum atomic E-state index is -2.00. The van der Waals surface area contributed by atoms with Crippen molar-refractivity contribution in [2.45, 2.75) is 6.61 Å². The van der Waals surface area contributed by atoms with Crippen molar-refractivity contribution < 1.29 is 27.9 Å². The molecular weight excluding hydrogens is 416 g/mol. The van der Waals surface area contributed by atoms with Crippen LogP contribution in [0.1, 0.15) is 5.56 Å². The van der Waals surface area contributed by atoms with Crippen LogP contribution in [0.2, 0.25) is 0 Å². The molecule has 4 aromatic carbocycles. The molecule has 0 amide bonds. The lowest BCUT2D eigenvalue weighted by molar-refractivity contribution is 0.177. The molecule has 0 bridgehead atoms. The van der Waals surface area contributed by atoms with Gasteiger partial charge < -0.3 is 14.7 Å². The molecule has 2 N–H and O–H groups in total. The highest BCUT2D eigenvalue weighted by Gasteiger charge is 2.20. The molecule has 0 saturated carbocycles. The third kappa shape index (κ3) is 4.75. The highest BCUT2D eigenvalue weighted by molar-refractivity contribution is 6.32. The van der Waals surface area contributed by atoms with E-state index in [1.54, 1.807) is 48.5 Å². The van der Waals surface area contributed by atoms with Gasteiger partial charge >= 0.3 is 7.32 Å². The van der Waals surface area contributed by atoms with Crippen molar-refractivity contribution in [1.82, 2.24) is 0 Å². The first-order valence-electron chi connectivity index (χ1n) is 9.84. The van der Waals surface area contributed by atoms with Crippen LogP contribution in [0.5, 0.6) is 0 Å². The fourth-order valence-electron chi connectivity index (χ4n) is 3.74. The van der Waals surface area contributed by atoms with Gasteiger partial charge in [-0.1, -0.05) is 48.5 Å². The maximum atomic E-state index is 14.2. The molecule has 3 nitrogen and oxygen atoms in total. The minimum Gasteiger partial charge on any atom is -0.402 e. The first-order chi connectivity index (χ1) is 15.4. The summed E-state index contributed by atoms with van der Waals surface area (Å²) in [6.45, 7) is -0.199. The Kier molecular flexibility index (Phi) is 6.41. The molecule has 0 aliphatic carbocycles. The van der Waals surface area contributed by atoms with E-state index in [1.165, 1.54) is 36.4 Å². The van der Waals surface area contributed by atoms with Crippen LogP contribution in [0.15, 0.2) is 84.9 Å². The molecule has 160 valence electrons. The van der Waals surface area contributed by atoms with Crippen molar-refractivity contribution in [3.63, 3.8) is 0 Å². The molecule has 0 unspecified atom stereocenters. The normalized spacial score (nSPS) is 10.9. The zero-order valence-corrected chi connectivity index (χ0v) is 16.8. The van der Waals surface area contributed by atoms with Gasteiger partial charge in [0, 0.05) is 0 Å². The summed E-state index contributed by atoms with van der Waals surface area (Å²) >= 11 is 0. The fraction of sp³-hybridized carbons (Fsp3) is 0.0400. The lowest BCUT2D eigenvalue weighted by atomic mass is 9.84. The van der Waals surface area contributed by atoms with Gasteiger partial charge in [-0.05, 0) is 75.3 Å². The Hall–Kier alpha value is -3.39. The van der Waals surface area contributed by atoms with Crippen LogP contribution in [-0.4, -0.2) is 17.4 Å². The van der Waals surface area contributed by atoms with E-state index in [2.05, 4.69) is 0 Å². The topological polar surface area (TPSA) is 49.7 Å². The lowest BCUT2D eigenvalue weighted by Crippen LogP contribution is -2.16. The van der Waals surface area contributed by atoms with Crippen molar-refractivity contribution >= 4 is 7.32 Å². The monoisotopic (exact) mass is 434 g/mol. The summed E-state index contributed by atoms with van der Waals surface area (Å²) in [7, 11) is -2.00. The van der Waals surface area contributed by atoms with E-state index in [4.69, 9.17) is 4.65 Å². The van der Waals surface area contributed by atoms with Gasteiger partial charge in [0.25, 0.3) is 0 Å². The summed E-state index contributed by atoms with van der Waals surface area (Å²) < 4.78 is 47.4. The molecular formula is C25H18BF3O3. The summed E-state index contributed by atoms with van der Waals surface area (Å²) in [4.78, 5) is 0. The Balaban J connectivity index is 2.07. The third-order valence-corrected chi connectivity index (χ3v) is 5.04. The average Bonchev–Trinajstić information content (AvgIpc) is 2.77. The van der Waals surface area contributed by atoms with Crippen LogP contribution in [0.4, 0.5) is 13.2 Å². The molecule has 0 atom stereocenters. The van der Waals surface area contributed by atoms with Gasteiger partial charge in [0.2, 0.25) is 0 Å². The zero-order chi connectivity index (χ0) is 22.7. The van der Waals surface area contributed by atoms with Gasteiger partial charge in [-0.2, -0.15) is 0 Å². The van der Waals surface area contributed by atoms with Crippen LogP contribution >= 0.6 is 0 Å². The molecule has 0 aromatic heterocycles. The van der Waals surface area contributed by atoms with E-state index in [9.17, 15) is 23.2 Å². The van der Waals surface area contributed by atoms with Crippen molar-refractivity contribution in [3.05, 3.63) is 108 Å². The van der Waals surface area contributed by atoms with Gasteiger partial charge in [0.15, 0.2) is 0 Å². The molecule has 32 heavy (non-hydrogen) atoms. The maximum Gasteiger partial charge on any atom is 0.634 e. The van der Waals surface area contributed by atoms with E-state index >= 15 is 0 Å². The molecule has 4 rings (SSSR count). The summed E-state index contributed by atoms with van der Waals surface area (Å²) in [6, 6.07) is 21.2. The third-order valence-electron chi connectivity index (χ3n) is 5.04. The molecule has 0 spiro atoms. The fourth-order valence-corrected chi connectivity index (χ4v) is 3.74. The molecule has 0 radical (unpaired) electrons. The molecule has 7 heteroatoms. The first kappa shape index (κ1) is 21.8. The SMILES string of the molecule is OB(O)OCc1ccc(-c2cccc(F)c2)c(-c2cccc(F)c2)c1-c1cccc(F)c1. The van der Waals surface area contributed by atoms with E-state index in [1.807, 2.05) is 0 Å². The number of benzene rings is 4. The van der Waals surface area contributed by atoms with Crippen LogP contribution in [-0.2, 0) is 11.3 Å². The average molecular weight is 434 g/mol. The highest BCUT2D eigenvalue weighted by Crippen LogP contribution is 2.43. The molecule has 0 heterocycles. The molecule has 0 aliphatic rings. The molecule has 0 fully saturated rings. The lowest BCUT2D eigenvalue weighted by Gasteiger charge is -2.20. The smallest absolute Gasteiger partial charge is 0.402 e. The van der Waals surface area contributed by atoms with E-state index in [0.29, 0.717) is 38.9 Å². The standard InChI is InChI=1S/C25H18BF3O3/c27-20-7-1-4-16(12-20)23-11-10-19(15-32-26(30)31)24(17-5-2-8-21(28)13-17)25(23)18-6-3-9-22(29)14-18/h1-14,30-31H,15H2. The van der Waals surface area contributed by atoms with Gasteiger partial charge in [0.1, 0.15) is 17.5 Å². The van der Waals surface area contributed by atoms with Crippen molar-refractivity contribution in [2.24, 2.45) is 0 Å². The summed E-state index contributed by atoms with van der Waals surface area (Å²) in [5.41, 5.74) is 3.69. The van der Waals surface area contributed by atoms with Crippen LogP contribution < -0.4 is 0 Å². The number of hydrogen-bond acceptors (Lipinski definition) is 3. The van der Waals surface area contributed by atoms with Gasteiger partial charge in [-0.3, -0.25) is 0 Å². The number of hydrogen-bond donors (Lipinski definition) is 2. The first-order valence-corrected chi connectivity index (χ1v) is 9.84. The predicted molar refractivity (Wildman–Crippen MR) is 118 cm³/mol. The second-order valence-electron chi connectivity index (χ2n) is 7.19. The zero-order valence-electron chi connectivity index (χ0n) is 16.8. The van der Waals surface area contributed by atoms with E-state index < -0.39 is 24.8 Å². The Morgan fingerprint density at radius 1 is 0.625 bits per heavy atom.